The van der Waals surface area contributed by atoms with Gasteiger partial charge >= 0.3 is 11.8 Å². The Labute approximate surface area is 155 Å². The number of carbonyl (C=O) groups is 2. The number of hydrogen-bond acceptors (Lipinski definition) is 3. The maximum Gasteiger partial charge on any atom is 0.323 e. The van der Waals surface area contributed by atoms with E-state index >= 15 is 0 Å². The number of amides is 2. The summed E-state index contributed by atoms with van der Waals surface area (Å²) < 4.78 is 0. The number of rotatable bonds is 3. The molecule has 0 atom stereocenters. The van der Waals surface area contributed by atoms with E-state index in [4.69, 9.17) is 4.99 Å². The lowest BCUT2D eigenvalue weighted by Gasteiger charge is -2.32. The van der Waals surface area contributed by atoms with Crippen LogP contribution >= 0.6 is 0 Å². The van der Waals surface area contributed by atoms with Crippen molar-refractivity contribution < 1.29 is 9.59 Å². The molecule has 0 bridgehead atoms. The van der Waals surface area contributed by atoms with Crippen LogP contribution in [0.3, 0.4) is 0 Å². The van der Waals surface area contributed by atoms with E-state index in [2.05, 4.69) is 0 Å². The maximum atomic E-state index is 12.9. The Morgan fingerprint density at radius 1 is 0.769 bits per heavy atom. The molecule has 138 valence electrons. The standard InChI is InChI=1S/C21H27N3O2/c25-19-20(26)24(18-14-8-3-9-15-18)21(22-16-10-4-1-5-11-16)23(19)17-12-6-2-7-13-17/h2,6-7,12-13,16,18H,1,3-5,8-11,14-15H2. The minimum atomic E-state index is -0.462. The molecule has 0 unspecified atom stereocenters. The summed E-state index contributed by atoms with van der Waals surface area (Å²) in [5.41, 5.74) is 0.735. The zero-order chi connectivity index (χ0) is 17.9. The summed E-state index contributed by atoms with van der Waals surface area (Å²) >= 11 is 0. The summed E-state index contributed by atoms with van der Waals surface area (Å²) in [4.78, 5) is 34.0. The van der Waals surface area contributed by atoms with Gasteiger partial charge in [-0.25, -0.2) is 9.89 Å². The van der Waals surface area contributed by atoms with Gasteiger partial charge in [0.1, 0.15) is 0 Å². The van der Waals surface area contributed by atoms with Crippen LogP contribution in [0.4, 0.5) is 5.69 Å². The van der Waals surface area contributed by atoms with Crippen LogP contribution in [-0.2, 0) is 9.59 Å². The van der Waals surface area contributed by atoms with Crippen LogP contribution in [0.5, 0.6) is 0 Å². The first kappa shape index (κ1) is 17.3. The van der Waals surface area contributed by atoms with Crippen molar-refractivity contribution in [2.24, 2.45) is 4.99 Å². The molecule has 5 heteroatoms. The molecule has 0 spiro atoms. The van der Waals surface area contributed by atoms with Crippen LogP contribution in [0.25, 0.3) is 0 Å². The third kappa shape index (κ3) is 3.27. The van der Waals surface area contributed by atoms with E-state index in [9.17, 15) is 9.59 Å². The van der Waals surface area contributed by atoms with E-state index in [0.29, 0.717) is 5.96 Å². The molecule has 5 nitrogen and oxygen atoms in total. The predicted octanol–water partition coefficient (Wildman–Crippen LogP) is 3.88. The number of guanidine groups is 1. The second-order valence-electron chi connectivity index (χ2n) is 7.66. The van der Waals surface area contributed by atoms with Gasteiger partial charge in [0.2, 0.25) is 5.96 Å². The second kappa shape index (κ2) is 7.60. The number of aliphatic imine (C=N–C) groups is 1. The van der Waals surface area contributed by atoms with E-state index in [0.717, 1.165) is 44.2 Å². The molecule has 1 aliphatic heterocycles. The lowest BCUT2D eigenvalue weighted by molar-refractivity contribution is -0.140. The lowest BCUT2D eigenvalue weighted by atomic mass is 9.94. The van der Waals surface area contributed by atoms with E-state index in [1.165, 1.54) is 25.7 Å². The molecule has 0 radical (unpaired) electrons. The number of carbonyl (C=O) groups excluding carboxylic acids is 2. The van der Waals surface area contributed by atoms with E-state index in [-0.39, 0.29) is 12.1 Å². The van der Waals surface area contributed by atoms with Crippen molar-refractivity contribution >= 4 is 23.5 Å². The highest BCUT2D eigenvalue weighted by Gasteiger charge is 2.47. The maximum absolute atomic E-state index is 12.9. The van der Waals surface area contributed by atoms with Gasteiger partial charge in [0, 0.05) is 6.04 Å². The van der Waals surface area contributed by atoms with Gasteiger partial charge in [-0.1, -0.05) is 56.7 Å². The normalized spacial score (nSPS) is 24.7. The number of anilines is 1. The van der Waals surface area contributed by atoms with Crippen LogP contribution in [0.15, 0.2) is 35.3 Å². The Bertz CT molecular complexity index is 688. The van der Waals surface area contributed by atoms with Gasteiger partial charge in [-0.15, -0.1) is 0 Å². The molecule has 3 fully saturated rings. The molecule has 26 heavy (non-hydrogen) atoms. The molecule has 0 N–H and O–H groups in total. The molecule has 3 aliphatic rings. The van der Waals surface area contributed by atoms with Crippen LogP contribution in [-0.4, -0.2) is 34.8 Å². The summed E-state index contributed by atoms with van der Waals surface area (Å²) in [6.45, 7) is 0. The zero-order valence-electron chi connectivity index (χ0n) is 15.3. The van der Waals surface area contributed by atoms with Crippen molar-refractivity contribution in [2.75, 3.05) is 4.90 Å². The van der Waals surface area contributed by atoms with Crippen molar-refractivity contribution in [2.45, 2.75) is 76.3 Å². The smallest absolute Gasteiger partial charge is 0.271 e. The molecular formula is C21H27N3O2. The topological polar surface area (TPSA) is 53.0 Å². The van der Waals surface area contributed by atoms with E-state index < -0.39 is 11.8 Å². The molecule has 1 heterocycles. The molecule has 2 amide bonds. The largest absolute Gasteiger partial charge is 0.323 e. The first-order valence-corrected chi connectivity index (χ1v) is 10.1. The lowest BCUT2D eigenvalue weighted by Crippen LogP contribution is -2.44. The SMILES string of the molecule is O=C1C(=O)N(C2CCCCC2)C(=NC2CCCCC2)N1c1ccccc1. The van der Waals surface area contributed by atoms with Crippen molar-refractivity contribution in [3.8, 4) is 0 Å². The highest BCUT2D eigenvalue weighted by atomic mass is 16.2. The molecule has 0 aromatic heterocycles. The summed E-state index contributed by atoms with van der Waals surface area (Å²) in [7, 11) is 0. The van der Waals surface area contributed by atoms with Crippen molar-refractivity contribution in [1.82, 2.24) is 4.90 Å². The van der Waals surface area contributed by atoms with Crippen molar-refractivity contribution in [3.63, 3.8) is 0 Å². The number of hydrogen-bond donors (Lipinski definition) is 0. The highest BCUT2D eigenvalue weighted by Crippen LogP contribution is 2.31. The number of nitrogens with zero attached hydrogens (tertiary/aromatic N) is 3. The van der Waals surface area contributed by atoms with Crippen LogP contribution in [0.1, 0.15) is 64.2 Å². The summed E-state index contributed by atoms with van der Waals surface area (Å²) in [5, 5.41) is 0. The van der Waals surface area contributed by atoms with Gasteiger partial charge in [-0.05, 0) is 37.8 Å². The number of benzene rings is 1. The Hall–Kier alpha value is -2.17. The van der Waals surface area contributed by atoms with Gasteiger partial charge in [0.25, 0.3) is 0 Å². The molecular weight excluding hydrogens is 326 g/mol. The average molecular weight is 353 g/mol. The summed E-state index contributed by atoms with van der Waals surface area (Å²) in [6, 6.07) is 9.80. The summed E-state index contributed by atoms with van der Waals surface area (Å²) in [6.07, 6.45) is 11.1. The molecule has 1 aromatic rings. The van der Waals surface area contributed by atoms with Gasteiger partial charge in [-0.3, -0.25) is 14.5 Å². The van der Waals surface area contributed by atoms with Gasteiger partial charge in [-0.2, -0.15) is 0 Å². The van der Waals surface area contributed by atoms with E-state index in [1.807, 2.05) is 30.3 Å². The monoisotopic (exact) mass is 353 g/mol. The average Bonchev–Trinajstić information content (AvgIpc) is 2.94. The van der Waals surface area contributed by atoms with Gasteiger partial charge in [0.05, 0.1) is 11.7 Å². The van der Waals surface area contributed by atoms with E-state index in [1.54, 1.807) is 9.80 Å². The first-order chi connectivity index (χ1) is 12.8. The molecule has 4 rings (SSSR count). The van der Waals surface area contributed by atoms with Crippen LogP contribution < -0.4 is 4.90 Å². The van der Waals surface area contributed by atoms with Gasteiger partial charge in [0.15, 0.2) is 0 Å². The van der Waals surface area contributed by atoms with Gasteiger partial charge < -0.3 is 0 Å². The highest BCUT2D eigenvalue weighted by molar-refractivity contribution is 6.53. The fourth-order valence-corrected chi connectivity index (χ4v) is 4.46. The summed E-state index contributed by atoms with van der Waals surface area (Å²) in [5.74, 6) is -0.295. The Morgan fingerprint density at radius 3 is 2.04 bits per heavy atom. The minimum Gasteiger partial charge on any atom is -0.271 e. The molecule has 1 aromatic carbocycles. The Balaban J connectivity index is 1.72. The quantitative estimate of drug-likeness (QED) is 0.774. The molecule has 2 aliphatic carbocycles. The Kier molecular flexibility index (Phi) is 5.05. The molecule has 2 saturated carbocycles. The fraction of sp³-hybridized carbons (Fsp3) is 0.571. The minimum absolute atomic E-state index is 0.108. The second-order valence-corrected chi connectivity index (χ2v) is 7.66. The van der Waals surface area contributed by atoms with Crippen molar-refractivity contribution in [1.29, 1.82) is 0 Å². The Morgan fingerprint density at radius 2 is 1.38 bits per heavy atom. The zero-order valence-corrected chi connectivity index (χ0v) is 15.3. The predicted molar refractivity (Wildman–Crippen MR) is 102 cm³/mol. The third-order valence-electron chi connectivity index (χ3n) is 5.85. The van der Waals surface area contributed by atoms with Crippen molar-refractivity contribution in [3.05, 3.63) is 30.3 Å². The first-order valence-electron chi connectivity index (χ1n) is 10.1. The fourth-order valence-electron chi connectivity index (χ4n) is 4.46. The van der Waals surface area contributed by atoms with Crippen LogP contribution in [0, 0.1) is 0 Å². The third-order valence-corrected chi connectivity index (χ3v) is 5.85. The molecule has 1 saturated heterocycles. The number of para-hydroxylation sites is 1. The van der Waals surface area contributed by atoms with Crippen LogP contribution in [0.2, 0.25) is 0 Å².